The maximum Gasteiger partial charge on any atom is 0.339 e. The molecule has 0 aliphatic heterocycles. The zero-order valence-electron chi connectivity index (χ0n) is 18.1. The van der Waals surface area contributed by atoms with Crippen LogP contribution in [0.4, 0.5) is 10.5 Å². The first-order valence-electron chi connectivity index (χ1n) is 9.78. The number of nitrogens with one attached hydrogen (secondary N) is 2. The van der Waals surface area contributed by atoms with Crippen LogP contribution in [-0.2, 0) is 26.2 Å². The van der Waals surface area contributed by atoms with Gasteiger partial charge in [-0.2, -0.15) is 8.42 Å². The summed E-state index contributed by atoms with van der Waals surface area (Å²) in [6.45, 7) is 4.22. The molecule has 2 aromatic rings. The zero-order valence-corrected chi connectivity index (χ0v) is 19.6. The maximum atomic E-state index is 12.8. The van der Waals surface area contributed by atoms with Crippen molar-refractivity contribution in [3.05, 3.63) is 53.1 Å². The number of hydrogen-bond acceptors (Lipinski definition) is 6. The fourth-order valence-corrected chi connectivity index (χ4v) is 3.91. The van der Waals surface area contributed by atoms with Gasteiger partial charge in [0.25, 0.3) is 0 Å². The lowest BCUT2D eigenvalue weighted by Gasteiger charge is -2.24. The van der Waals surface area contributed by atoms with E-state index in [2.05, 4.69) is 10.6 Å². The van der Waals surface area contributed by atoms with Crippen molar-refractivity contribution in [3.8, 4) is 5.75 Å². The Balaban J connectivity index is 2.29. The summed E-state index contributed by atoms with van der Waals surface area (Å²) in [7, 11) is -2.66. The number of rotatable bonds is 10. The fraction of sp³-hybridized carbons (Fsp3) is 0.333. The van der Waals surface area contributed by atoms with Gasteiger partial charge in [-0.3, -0.25) is 4.79 Å². The van der Waals surface area contributed by atoms with Crippen LogP contribution in [-0.4, -0.2) is 52.1 Å². The molecule has 0 saturated heterocycles. The predicted molar refractivity (Wildman–Crippen MR) is 121 cm³/mol. The number of nitrogens with zero attached hydrogens (tertiary/aromatic N) is 1. The van der Waals surface area contributed by atoms with Gasteiger partial charge in [0, 0.05) is 43.4 Å². The Bertz CT molecular complexity index is 1040. The summed E-state index contributed by atoms with van der Waals surface area (Å²) in [5, 5.41) is 5.64. The molecule has 174 valence electrons. The monoisotopic (exact) mass is 483 g/mol. The third-order valence-corrected chi connectivity index (χ3v) is 5.71. The molecule has 0 atom stereocenters. The van der Waals surface area contributed by atoms with E-state index in [4.69, 9.17) is 20.5 Å². The third kappa shape index (κ3) is 7.40. The number of amides is 3. The summed E-state index contributed by atoms with van der Waals surface area (Å²) >= 11 is 6.11. The van der Waals surface area contributed by atoms with Crippen LogP contribution in [0.5, 0.6) is 5.75 Å². The van der Waals surface area contributed by atoms with Crippen LogP contribution in [0.2, 0.25) is 5.02 Å². The van der Waals surface area contributed by atoms with Gasteiger partial charge in [-0.15, -0.1) is 0 Å². The molecule has 0 unspecified atom stereocenters. The van der Waals surface area contributed by atoms with Crippen LogP contribution in [0.15, 0.2) is 47.4 Å². The van der Waals surface area contributed by atoms with E-state index in [1.54, 1.807) is 13.0 Å². The molecule has 0 fully saturated rings. The van der Waals surface area contributed by atoms with Gasteiger partial charge >= 0.3 is 16.1 Å². The molecule has 0 radical (unpaired) electrons. The Morgan fingerprint density at radius 1 is 1.12 bits per heavy atom. The van der Waals surface area contributed by atoms with Crippen molar-refractivity contribution < 1.29 is 26.9 Å². The lowest BCUT2D eigenvalue weighted by Crippen LogP contribution is -2.41. The van der Waals surface area contributed by atoms with Crippen LogP contribution < -0.4 is 14.8 Å². The molecule has 2 aromatic carbocycles. The summed E-state index contributed by atoms with van der Waals surface area (Å²) < 4.78 is 36.1. The summed E-state index contributed by atoms with van der Waals surface area (Å²) in [5.41, 5.74) is 0.873. The molecular weight excluding hydrogens is 458 g/mol. The highest BCUT2D eigenvalue weighted by atomic mass is 35.5. The van der Waals surface area contributed by atoms with Crippen LogP contribution in [0, 0.1) is 0 Å². The SMILES string of the molecule is CCNC(=O)N(CCOC)Cc1cc(Cl)ccc1OS(=O)(=O)c1ccc(NC(C)=O)cc1. The quantitative estimate of drug-likeness (QED) is 0.501. The number of benzene rings is 2. The van der Waals surface area contributed by atoms with E-state index in [0.717, 1.165) is 0 Å². The number of carbonyl (C=O) groups is 2. The van der Waals surface area contributed by atoms with E-state index >= 15 is 0 Å². The van der Waals surface area contributed by atoms with E-state index in [0.29, 0.717) is 29.4 Å². The number of hydrogen-bond donors (Lipinski definition) is 2. The first-order valence-corrected chi connectivity index (χ1v) is 11.6. The standard InChI is InChI=1S/C21H26ClN3O6S/c1-4-23-21(27)25(11-12-30-3)14-16-13-17(22)5-10-20(16)31-32(28,29)19-8-6-18(7-9-19)24-15(2)26/h5-10,13H,4,11-12,14H2,1-3H3,(H,23,27)(H,24,26). The Morgan fingerprint density at radius 2 is 1.81 bits per heavy atom. The summed E-state index contributed by atoms with van der Waals surface area (Å²) in [5.74, 6) is -0.222. The van der Waals surface area contributed by atoms with E-state index in [9.17, 15) is 18.0 Å². The molecule has 0 spiro atoms. The van der Waals surface area contributed by atoms with Gasteiger partial charge in [-0.25, -0.2) is 4.79 Å². The Labute approximate surface area is 192 Å². The van der Waals surface area contributed by atoms with Gasteiger partial charge in [0.1, 0.15) is 10.6 Å². The minimum Gasteiger partial charge on any atom is -0.383 e. The zero-order chi connectivity index (χ0) is 23.7. The normalized spacial score (nSPS) is 11.0. The van der Waals surface area contributed by atoms with E-state index in [1.165, 1.54) is 55.3 Å². The van der Waals surface area contributed by atoms with Gasteiger partial charge in [0.15, 0.2) is 0 Å². The van der Waals surface area contributed by atoms with E-state index in [1.807, 2.05) is 0 Å². The number of carbonyl (C=O) groups excluding carboxylic acids is 2. The molecule has 0 bridgehead atoms. The molecule has 0 aromatic heterocycles. The van der Waals surface area contributed by atoms with Gasteiger partial charge in [-0.05, 0) is 49.4 Å². The molecule has 0 aliphatic carbocycles. The molecule has 3 amide bonds. The molecule has 2 N–H and O–H groups in total. The maximum absolute atomic E-state index is 12.8. The average Bonchev–Trinajstić information content (AvgIpc) is 2.73. The molecule has 0 aliphatic rings. The second kappa shape index (κ2) is 11.7. The second-order valence-electron chi connectivity index (χ2n) is 6.74. The highest BCUT2D eigenvalue weighted by Gasteiger charge is 2.21. The van der Waals surface area contributed by atoms with Crippen molar-refractivity contribution in [2.45, 2.75) is 25.3 Å². The lowest BCUT2D eigenvalue weighted by molar-refractivity contribution is -0.114. The largest absolute Gasteiger partial charge is 0.383 e. The summed E-state index contributed by atoms with van der Waals surface area (Å²) in [4.78, 5) is 24.9. The van der Waals surface area contributed by atoms with Crippen molar-refractivity contribution >= 4 is 39.3 Å². The molecular formula is C21H26ClN3O6S. The molecule has 11 heteroatoms. The second-order valence-corrected chi connectivity index (χ2v) is 8.73. The Hall–Kier alpha value is -2.82. The van der Waals surface area contributed by atoms with E-state index in [-0.39, 0.29) is 35.7 Å². The van der Waals surface area contributed by atoms with Gasteiger partial charge in [-0.1, -0.05) is 11.6 Å². The highest BCUT2D eigenvalue weighted by molar-refractivity contribution is 7.87. The summed E-state index contributed by atoms with van der Waals surface area (Å²) in [6.07, 6.45) is 0. The average molecular weight is 484 g/mol. The van der Waals surface area contributed by atoms with Crippen molar-refractivity contribution in [1.82, 2.24) is 10.2 Å². The predicted octanol–water partition coefficient (Wildman–Crippen LogP) is 3.24. The number of methoxy groups -OCH3 is 1. The first kappa shape index (κ1) is 25.4. The van der Waals surface area contributed by atoms with Crippen LogP contribution in [0.25, 0.3) is 0 Å². The molecule has 0 heterocycles. The van der Waals surface area contributed by atoms with Crippen molar-refractivity contribution in [1.29, 1.82) is 0 Å². The van der Waals surface area contributed by atoms with Crippen LogP contribution in [0.1, 0.15) is 19.4 Å². The summed E-state index contributed by atoms with van der Waals surface area (Å²) in [6, 6.07) is 9.74. The van der Waals surface area contributed by atoms with Crippen LogP contribution in [0.3, 0.4) is 0 Å². The third-order valence-electron chi connectivity index (χ3n) is 4.23. The highest BCUT2D eigenvalue weighted by Crippen LogP contribution is 2.28. The van der Waals surface area contributed by atoms with E-state index < -0.39 is 10.1 Å². The molecule has 0 saturated carbocycles. The van der Waals surface area contributed by atoms with Gasteiger partial charge < -0.3 is 24.5 Å². The Kier molecular flexibility index (Phi) is 9.30. The number of urea groups is 1. The van der Waals surface area contributed by atoms with Crippen molar-refractivity contribution in [3.63, 3.8) is 0 Å². The molecule has 2 rings (SSSR count). The topological polar surface area (TPSA) is 114 Å². The van der Waals surface area contributed by atoms with Gasteiger partial charge in [0.05, 0.1) is 13.2 Å². The van der Waals surface area contributed by atoms with Gasteiger partial charge in [0.2, 0.25) is 5.91 Å². The number of halogens is 1. The smallest absolute Gasteiger partial charge is 0.339 e. The fourth-order valence-electron chi connectivity index (χ4n) is 2.75. The lowest BCUT2D eigenvalue weighted by atomic mass is 10.2. The van der Waals surface area contributed by atoms with Crippen LogP contribution >= 0.6 is 11.6 Å². The van der Waals surface area contributed by atoms with Crippen molar-refractivity contribution in [2.75, 3.05) is 32.1 Å². The number of ether oxygens (including phenoxy) is 1. The first-order chi connectivity index (χ1) is 15.2. The minimum absolute atomic E-state index is 0.0482. The minimum atomic E-state index is -4.18. The molecule has 32 heavy (non-hydrogen) atoms. The molecule has 9 nitrogen and oxygen atoms in total. The van der Waals surface area contributed by atoms with Crippen molar-refractivity contribution in [2.24, 2.45) is 0 Å². The number of anilines is 1. The Morgan fingerprint density at radius 3 is 2.41 bits per heavy atom.